The smallest absolute Gasteiger partial charge is 0.281 e. The summed E-state index contributed by atoms with van der Waals surface area (Å²) in [5.41, 5.74) is -0.183. The SMILES string of the molecule is Cn1cc2ncn(CC3(O)CCNCC34CCCC4)c(=O)c2n1. The number of fused-ring (bicyclic) bond motifs is 1. The van der Waals surface area contributed by atoms with E-state index >= 15 is 0 Å². The molecule has 1 spiro atoms. The normalized spacial score (nSPS) is 27.0. The minimum absolute atomic E-state index is 0.121. The monoisotopic (exact) mass is 317 g/mol. The van der Waals surface area contributed by atoms with Crippen LogP contribution in [0.15, 0.2) is 17.3 Å². The molecule has 2 aromatic rings. The Labute approximate surface area is 134 Å². The molecule has 0 bridgehead atoms. The minimum Gasteiger partial charge on any atom is -0.387 e. The highest BCUT2D eigenvalue weighted by molar-refractivity contribution is 5.71. The van der Waals surface area contributed by atoms with E-state index in [0.29, 0.717) is 24.0 Å². The van der Waals surface area contributed by atoms with Crippen molar-refractivity contribution in [3.05, 3.63) is 22.9 Å². The summed E-state index contributed by atoms with van der Waals surface area (Å²) in [5.74, 6) is 0. The average molecular weight is 317 g/mol. The fourth-order valence-electron chi connectivity index (χ4n) is 4.43. The van der Waals surface area contributed by atoms with E-state index in [0.717, 1.165) is 38.8 Å². The molecule has 7 heteroatoms. The van der Waals surface area contributed by atoms with Gasteiger partial charge < -0.3 is 10.4 Å². The number of aryl methyl sites for hydroxylation is 1. The molecular weight excluding hydrogens is 294 g/mol. The van der Waals surface area contributed by atoms with Crippen LogP contribution in [0, 0.1) is 5.41 Å². The molecule has 1 unspecified atom stereocenters. The Morgan fingerprint density at radius 1 is 1.35 bits per heavy atom. The summed E-state index contributed by atoms with van der Waals surface area (Å²) in [5, 5.41) is 19.1. The molecule has 1 saturated heterocycles. The second-order valence-corrected chi connectivity index (χ2v) is 7.16. The molecule has 0 amide bonds. The van der Waals surface area contributed by atoms with Crippen LogP contribution in [0.5, 0.6) is 0 Å². The van der Waals surface area contributed by atoms with Crippen LogP contribution in [0.25, 0.3) is 11.0 Å². The fourth-order valence-corrected chi connectivity index (χ4v) is 4.43. The zero-order chi connectivity index (χ0) is 16.1. The number of hydrogen-bond donors (Lipinski definition) is 2. The predicted molar refractivity (Wildman–Crippen MR) is 86.1 cm³/mol. The van der Waals surface area contributed by atoms with Gasteiger partial charge in [0.05, 0.1) is 24.7 Å². The molecule has 2 fully saturated rings. The maximum absolute atomic E-state index is 12.7. The van der Waals surface area contributed by atoms with Crippen molar-refractivity contribution in [1.29, 1.82) is 0 Å². The highest BCUT2D eigenvalue weighted by Gasteiger charge is 2.53. The van der Waals surface area contributed by atoms with Crippen LogP contribution in [0.3, 0.4) is 0 Å². The summed E-state index contributed by atoms with van der Waals surface area (Å²) in [6.07, 6.45) is 8.29. The van der Waals surface area contributed by atoms with Gasteiger partial charge in [0.2, 0.25) is 0 Å². The lowest BCUT2D eigenvalue weighted by Gasteiger charge is -2.49. The van der Waals surface area contributed by atoms with Crippen LogP contribution in [-0.4, -0.2) is 43.1 Å². The molecule has 4 rings (SSSR count). The summed E-state index contributed by atoms with van der Waals surface area (Å²) >= 11 is 0. The van der Waals surface area contributed by atoms with Gasteiger partial charge in [0.15, 0.2) is 5.52 Å². The third kappa shape index (κ3) is 2.21. The number of aliphatic hydroxyl groups is 1. The molecule has 1 aliphatic heterocycles. The van der Waals surface area contributed by atoms with Crippen molar-refractivity contribution >= 4 is 11.0 Å². The van der Waals surface area contributed by atoms with Crippen LogP contribution >= 0.6 is 0 Å². The van der Waals surface area contributed by atoms with Gasteiger partial charge >= 0.3 is 0 Å². The molecule has 1 saturated carbocycles. The Hall–Kier alpha value is -1.73. The van der Waals surface area contributed by atoms with E-state index in [2.05, 4.69) is 15.4 Å². The van der Waals surface area contributed by atoms with Crippen molar-refractivity contribution < 1.29 is 5.11 Å². The Balaban J connectivity index is 1.73. The highest BCUT2D eigenvalue weighted by atomic mass is 16.3. The molecule has 0 radical (unpaired) electrons. The topological polar surface area (TPSA) is 85.0 Å². The Kier molecular flexibility index (Phi) is 3.32. The van der Waals surface area contributed by atoms with Crippen LogP contribution in [0.1, 0.15) is 32.1 Å². The molecule has 2 N–H and O–H groups in total. The molecule has 2 aromatic heterocycles. The molecule has 23 heavy (non-hydrogen) atoms. The van der Waals surface area contributed by atoms with Gasteiger partial charge in [-0.2, -0.15) is 5.10 Å². The summed E-state index contributed by atoms with van der Waals surface area (Å²) in [7, 11) is 1.78. The lowest BCUT2D eigenvalue weighted by Crippen LogP contribution is -2.60. The second-order valence-electron chi connectivity index (χ2n) is 7.16. The van der Waals surface area contributed by atoms with Crippen molar-refractivity contribution in [2.24, 2.45) is 12.5 Å². The first-order valence-electron chi connectivity index (χ1n) is 8.35. The van der Waals surface area contributed by atoms with Gasteiger partial charge in [-0.3, -0.25) is 14.0 Å². The molecule has 7 nitrogen and oxygen atoms in total. The molecular formula is C16H23N5O2. The zero-order valence-corrected chi connectivity index (χ0v) is 13.5. The largest absolute Gasteiger partial charge is 0.387 e. The van der Waals surface area contributed by atoms with E-state index in [-0.39, 0.29) is 11.0 Å². The summed E-state index contributed by atoms with van der Waals surface area (Å²) in [6, 6.07) is 0. The molecule has 1 atom stereocenters. The lowest BCUT2D eigenvalue weighted by atomic mass is 9.66. The fraction of sp³-hybridized carbons (Fsp3) is 0.688. The standard InChI is InChI=1S/C16H23N5O2/c1-20-8-12-13(19-20)14(22)21(11-18-12)10-16(23)6-7-17-9-15(16)4-2-3-5-15/h8,11,17,23H,2-7,9-10H2,1H3. The van der Waals surface area contributed by atoms with E-state index in [1.807, 2.05) is 0 Å². The second kappa shape index (κ2) is 5.14. The van der Waals surface area contributed by atoms with Crippen molar-refractivity contribution in [3.8, 4) is 0 Å². The first-order chi connectivity index (χ1) is 11.0. The third-order valence-corrected chi connectivity index (χ3v) is 5.77. The van der Waals surface area contributed by atoms with Crippen molar-refractivity contribution in [2.45, 2.75) is 44.2 Å². The van der Waals surface area contributed by atoms with Crippen molar-refractivity contribution in [1.82, 2.24) is 24.6 Å². The van der Waals surface area contributed by atoms with E-state index in [1.54, 1.807) is 28.8 Å². The van der Waals surface area contributed by atoms with Crippen LogP contribution < -0.4 is 10.9 Å². The van der Waals surface area contributed by atoms with E-state index in [1.165, 1.54) is 0 Å². The molecule has 1 aliphatic carbocycles. The number of aromatic nitrogens is 4. The van der Waals surface area contributed by atoms with Gasteiger partial charge in [-0.25, -0.2) is 4.98 Å². The van der Waals surface area contributed by atoms with E-state index in [9.17, 15) is 9.90 Å². The summed E-state index contributed by atoms with van der Waals surface area (Å²) in [6.45, 7) is 1.91. The van der Waals surface area contributed by atoms with Gasteiger partial charge in [0.1, 0.15) is 5.52 Å². The molecule has 2 aliphatic rings. The summed E-state index contributed by atoms with van der Waals surface area (Å²) in [4.78, 5) is 17.0. The maximum Gasteiger partial charge on any atom is 0.281 e. The first kappa shape index (κ1) is 14.8. The molecule has 3 heterocycles. The maximum atomic E-state index is 12.7. The number of nitrogens with zero attached hydrogens (tertiary/aromatic N) is 4. The summed E-state index contributed by atoms with van der Waals surface area (Å²) < 4.78 is 3.14. The van der Waals surface area contributed by atoms with Crippen LogP contribution in [0.4, 0.5) is 0 Å². The predicted octanol–water partition coefficient (Wildman–Crippen LogP) is 0.415. The quantitative estimate of drug-likeness (QED) is 0.838. The van der Waals surface area contributed by atoms with Gasteiger partial charge in [-0.05, 0) is 25.8 Å². The Morgan fingerprint density at radius 3 is 2.91 bits per heavy atom. The number of piperidine rings is 1. The number of rotatable bonds is 2. The van der Waals surface area contributed by atoms with Crippen LogP contribution in [-0.2, 0) is 13.6 Å². The molecule has 0 aromatic carbocycles. The van der Waals surface area contributed by atoms with Gasteiger partial charge in [0.25, 0.3) is 5.56 Å². The van der Waals surface area contributed by atoms with Crippen molar-refractivity contribution in [2.75, 3.05) is 13.1 Å². The first-order valence-corrected chi connectivity index (χ1v) is 8.35. The van der Waals surface area contributed by atoms with E-state index < -0.39 is 5.60 Å². The minimum atomic E-state index is -0.858. The average Bonchev–Trinajstić information content (AvgIpc) is 3.13. The van der Waals surface area contributed by atoms with Gasteiger partial charge in [-0.1, -0.05) is 12.8 Å². The van der Waals surface area contributed by atoms with Crippen molar-refractivity contribution in [3.63, 3.8) is 0 Å². The van der Waals surface area contributed by atoms with Gasteiger partial charge in [-0.15, -0.1) is 0 Å². The lowest BCUT2D eigenvalue weighted by molar-refractivity contribution is -0.115. The van der Waals surface area contributed by atoms with E-state index in [4.69, 9.17) is 0 Å². The highest BCUT2D eigenvalue weighted by Crippen LogP contribution is 2.49. The number of nitrogens with one attached hydrogen (secondary N) is 1. The molecule has 124 valence electrons. The van der Waals surface area contributed by atoms with Crippen LogP contribution in [0.2, 0.25) is 0 Å². The number of hydrogen-bond acceptors (Lipinski definition) is 5. The Bertz CT molecular complexity index is 789. The zero-order valence-electron chi connectivity index (χ0n) is 13.5. The Morgan fingerprint density at radius 2 is 2.13 bits per heavy atom. The van der Waals surface area contributed by atoms with Gasteiger partial charge in [0, 0.05) is 19.0 Å². The third-order valence-electron chi connectivity index (χ3n) is 5.77.